The molecule has 0 fully saturated rings. The molecular weight excluding hydrogens is 308 g/mol. The summed E-state index contributed by atoms with van der Waals surface area (Å²) in [7, 11) is 0. The molecule has 0 saturated heterocycles. The van der Waals surface area contributed by atoms with Gasteiger partial charge >= 0.3 is 0 Å². The van der Waals surface area contributed by atoms with Gasteiger partial charge in [-0.15, -0.1) is 0 Å². The summed E-state index contributed by atoms with van der Waals surface area (Å²) in [6.07, 6.45) is 0. The van der Waals surface area contributed by atoms with E-state index < -0.39 is 0 Å². The number of carbonyl (C=O) groups excluding carboxylic acids is 1. The molecule has 134 valence electrons. The van der Waals surface area contributed by atoms with E-state index in [0.29, 0.717) is 5.92 Å². The van der Waals surface area contributed by atoms with Gasteiger partial charge < -0.3 is 5.32 Å². The van der Waals surface area contributed by atoms with E-state index in [1.807, 2.05) is 39.0 Å². The molecule has 0 aliphatic carbocycles. The van der Waals surface area contributed by atoms with Crippen molar-refractivity contribution in [1.82, 2.24) is 5.32 Å². The van der Waals surface area contributed by atoms with E-state index in [1.165, 1.54) is 11.1 Å². The van der Waals surface area contributed by atoms with Crippen molar-refractivity contribution in [2.24, 2.45) is 5.92 Å². The van der Waals surface area contributed by atoms with Gasteiger partial charge in [0.1, 0.15) is 0 Å². The van der Waals surface area contributed by atoms with Crippen molar-refractivity contribution in [3.05, 3.63) is 64.7 Å². The van der Waals surface area contributed by atoms with Gasteiger partial charge in [-0.1, -0.05) is 61.9 Å². The van der Waals surface area contributed by atoms with Gasteiger partial charge in [-0.25, -0.2) is 0 Å². The Morgan fingerprint density at radius 1 is 0.920 bits per heavy atom. The van der Waals surface area contributed by atoms with Crippen LogP contribution in [0.5, 0.6) is 0 Å². The molecule has 0 spiro atoms. The van der Waals surface area contributed by atoms with Crippen molar-refractivity contribution in [2.45, 2.75) is 53.6 Å². The second-order valence-electron chi connectivity index (χ2n) is 7.28. The molecular formula is C22H30N2O. The Morgan fingerprint density at radius 2 is 1.48 bits per heavy atom. The van der Waals surface area contributed by atoms with Crippen molar-refractivity contribution >= 4 is 11.6 Å². The molecule has 3 nitrogen and oxygen atoms in total. The van der Waals surface area contributed by atoms with Gasteiger partial charge in [0, 0.05) is 11.7 Å². The van der Waals surface area contributed by atoms with Crippen molar-refractivity contribution in [2.75, 3.05) is 5.32 Å². The fraction of sp³-hybridized carbons (Fsp3) is 0.409. The molecule has 3 heteroatoms. The standard InChI is InChI=1S/C22H30N2O/c1-14(2)20(19-10-8-7-9-11-19)23-18(6)22(25)24-21-16(4)12-15(3)13-17(21)5/h7-14,18,20,23H,1-6H3,(H,24,25)/t18-,20+/m0/s1. The van der Waals surface area contributed by atoms with Gasteiger partial charge in [0.15, 0.2) is 0 Å². The molecule has 0 radical (unpaired) electrons. The quantitative estimate of drug-likeness (QED) is 0.784. The first-order valence-corrected chi connectivity index (χ1v) is 8.99. The lowest BCUT2D eigenvalue weighted by Crippen LogP contribution is -2.42. The van der Waals surface area contributed by atoms with Crippen LogP contribution in [0.2, 0.25) is 0 Å². The SMILES string of the molecule is Cc1cc(C)c(NC(=O)[C@H](C)N[C@@H](c2ccccc2)C(C)C)c(C)c1. The minimum absolute atomic E-state index is 0.00312. The average Bonchev–Trinajstić information content (AvgIpc) is 2.55. The molecule has 2 atom stereocenters. The monoisotopic (exact) mass is 338 g/mol. The van der Waals surface area contributed by atoms with Crippen molar-refractivity contribution in [1.29, 1.82) is 0 Å². The molecule has 2 aromatic carbocycles. The number of hydrogen-bond donors (Lipinski definition) is 2. The highest BCUT2D eigenvalue weighted by atomic mass is 16.2. The molecule has 0 unspecified atom stereocenters. The summed E-state index contributed by atoms with van der Waals surface area (Å²) >= 11 is 0. The molecule has 0 aromatic heterocycles. The van der Waals surface area contributed by atoms with Crippen LogP contribution in [0.4, 0.5) is 5.69 Å². The largest absolute Gasteiger partial charge is 0.324 e. The first kappa shape index (κ1) is 19.2. The highest BCUT2D eigenvalue weighted by molar-refractivity contribution is 5.96. The Balaban J connectivity index is 2.12. The molecule has 2 aromatic rings. The van der Waals surface area contributed by atoms with Gasteiger partial charge in [0.2, 0.25) is 5.91 Å². The number of anilines is 1. The Kier molecular flexibility index (Phi) is 6.38. The molecule has 0 aliphatic heterocycles. The highest BCUT2D eigenvalue weighted by Crippen LogP contribution is 2.24. The van der Waals surface area contributed by atoms with Gasteiger partial charge in [-0.3, -0.25) is 10.1 Å². The number of rotatable bonds is 6. The molecule has 2 rings (SSSR count). The summed E-state index contributed by atoms with van der Waals surface area (Å²) in [4.78, 5) is 12.7. The topological polar surface area (TPSA) is 41.1 Å². The number of amides is 1. The predicted molar refractivity (Wildman–Crippen MR) is 106 cm³/mol. The zero-order valence-electron chi connectivity index (χ0n) is 16.2. The number of carbonyl (C=O) groups is 1. The Labute approximate surface area is 151 Å². The van der Waals surface area contributed by atoms with Gasteiger partial charge in [0.25, 0.3) is 0 Å². The van der Waals surface area contributed by atoms with Crippen LogP contribution in [-0.4, -0.2) is 11.9 Å². The summed E-state index contributed by atoms with van der Waals surface area (Å²) in [5, 5.41) is 6.59. The number of benzene rings is 2. The molecule has 1 amide bonds. The average molecular weight is 338 g/mol. The third-order valence-corrected chi connectivity index (χ3v) is 4.57. The second-order valence-corrected chi connectivity index (χ2v) is 7.28. The fourth-order valence-corrected chi connectivity index (χ4v) is 3.29. The van der Waals surface area contributed by atoms with Crippen LogP contribution < -0.4 is 10.6 Å². The van der Waals surface area contributed by atoms with Gasteiger partial charge in [-0.2, -0.15) is 0 Å². The van der Waals surface area contributed by atoms with E-state index in [1.54, 1.807) is 0 Å². The predicted octanol–water partition coefficient (Wildman–Crippen LogP) is 4.93. The fourth-order valence-electron chi connectivity index (χ4n) is 3.29. The highest BCUT2D eigenvalue weighted by Gasteiger charge is 2.22. The van der Waals surface area contributed by atoms with E-state index in [9.17, 15) is 4.79 Å². The van der Waals surface area contributed by atoms with Crippen LogP contribution in [-0.2, 0) is 4.79 Å². The van der Waals surface area contributed by atoms with Crippen LogP contribution >= 0.6 is 0 Å². The Bertz CT molecular complexity index is 699. The summed E-state index contributed by atoms with van der Waals surface area (Å²) < 4.78 is 0. The molecule has 2 N–H and O–H groups in total. The lowest BCUT2D eigenvalue weighted by atomic mass is 9.95. The number of nitrogens with one attached hydrogen (secondary N) is 2. The van der Waals surface area contributed by atoms with Crippen LogP contribution in [0.25, 0.3) is 0 Å². The van der Waals surface area contributed by atoms with E-state index in [-0.39, 0.29) is 18.0 Å². The maximum Gasteiger partial charge on any atom is 0.241 e. The first-order valence-electron chi connectivity index (χ1n) is 8.99. The van der Waals surface area contributed by atoms with Gasteiger partial charge in [0.05, 0.1) is 6.04 Å². The lowest BCUT2D eigenvalue weighted by molar-refractivity contribution is -0.118. The summed E-state index contributed by atoms with van der Waals surface area (Å²) in [5.74, 6) is 0.386. The molecule has 0 saturated carbocycles. The van der Waals surface area contributed by atoms with Crippen LogP contribution in [0, 0.1) is 26.7 Å². The smallest absolute Gasteiger partial charge is 0.241 e. The number of aryl methyl sites for hydroxylation is 3. The normalized spacial score (nSPS) is 13.6. The molecule has 25 heavy (non-hydrogen) atoms. The van der Waals surface area contributed by atoms with Gasteiger partial charge in [-0.05, 0) is 50.3 Å². The summed E-state index contributed by atoms with van der Waals surface area (Å²) in [6.45, 7) is 12.4. The molecule has 0 heterocycles. The van der Waals surface area contributed by atoms with E-state index >= 15 is 0 Å². The zero-order chi connectivity index (χ0) is 18.6. The van der Waals surface area contributed by atoms with Crippen molar-refractivity contribution in [3.63, 3.8) is 0 Å². The Morgan fingerprint density at radius 3 is 2.00 bits per heavy atom. The molecule has 0 aliphatic rings. The van der Waals surface area contributed by atoms with E-state index in [4.69, 9.17) is 0 Å². The zero-order valence-corrected chi connectivity index (χ0v) is 16.2. The van der Waals surface area contributed by atoms with Crippen molar-refractivity contribution < 1.29 is 4.79 Å². The second kappa shape index (κ2) is 8.30. The maximum atomic E-state index is 12.7. The first-order chi connectivity index (χ1) is 11.8. The van der Waals surface area contributed by atoms with Crippen molar-refractivity contribution in [3.8, 4) is 0 Å². The third kappa shape index (κ3) is 4.93. The number of hydrogen-bond acceptors (Lipinski definition) is 2. The van der Waals surface area contributed by atoms with Crippen LogP contribution in [0.1, 0.15) is 49.1 Å². The Hall–Kier alpha value is -2.13. The van der Waals surface area contributed by atoms with E-state index in [0.717, 1.165) is 16.8 Å². The van der Waals surface area contributed by atoms with Crippen LogP contribution in [0.15, 0.2) is 42.5 Å². The van der Waals surface area contributed by atoms with Crippen LogP contribution in [0.3, 0.4) is 0 Å². The summed E-state index contributed by atoms with van der Waals surface area (Å²) in [6, 6.07) is 14.4. The van der Waals surface area contributed by atoms with E-state index in [2.05, 4.69) is 55.7 Å². The minimum atomic E-state index is -0.285. The lowest BCUT2D eigenvalue weighted by Gasteiger charge is -2.27. The third-order valence-electron chi connectivity index (χ3n) is 4.57. The maximum absolute atomic E-state index is 12.7. The molecule has 0 bridgehead atoms. The minimum Gasteiger partial charge on any atom is -0.324 e. The summed E-state index contributed by atoms with van der Waals surface area (Å²) in [5.41, 5.74) is 5.54.